The Balaban J connectivity index is 1.95. The summed E-state index contributed by atoms with van der Waals surface area (Å²) in [7, 11) is 2.68. The minimum Gasteiger partial charge on any atom is -0.467 e. The normalized spacial score (nSPS) is 29.9. The molecule has 13 nitrogen and oxygen atoms in total. The predicted molar refractivity (Wildman–Crippen MR) is 117 cm³/mol. The molecule has 3 rings (SSSR count). The van der Waals surface area contributed by atoms with Gasteiger partial charge in [-0.1, -0.05) is 6.07 Å². The zero-order valence-corrected chi connectivity index (χ0v) is 20.4. The average molecular weight is 508 g/mol. The highest BCUT2D eigenvalue weighted by molar-refractivity contribution is 5.83. The molecule has 2 aliphatic rings. The molecule has 3 heterocycles. The van der Waals surface area contributed by atoms with Gasteiger partial charge in [0.2, 0.25) is 6.29 Å². The number of carbonyl (C=O) groups excluding carboxylic acids is 5. The van der Waals surface area contributed by atoms with Crippen molar-refractivity contribution in [2.24, 2.45) is 0 Å². The first-order chi connectivity index (χ1) is 17.0. The number of hydrogen-bond donors (Lipinski definition) is 0. The van der Waals surface area contributed by atoms with Gasteiger partial charge in [-0.2, -0.15) is 0 Å². The van der Waals surface area contributed by atoms with Gasteiger partial charge in [0.15, 0.2) is 24.4 Å². The largest absolute Gasteiger partial charge is 0.467 e. The van der Waals surface area contributed by atoms with E-state index in [1.807, 2.05) is 6.07 Å². The lowest BCUT2D eigenvalue weighted by molar-refractivity contribution is -0.307. The summed E-state index contributed by atoms with van der Waals surface area (Å²) < 4.78 is 32.3. The number of likely N-dealkylation sites (tertiary alicyclic amines) is 1. The number of aromatic nitrogens is 1. The molecule has 196 valence electrons. The molecule has 36 heavy (non-hydrogen) atoms. The number of amides is 1. The maximum Gasteiger partial charge on any atom is 0.339 e. The van der Waals surface area contributed by atoms with Crippen LogP contribution in [0.15, 0.2) is 24.5 Å². The minimum atomic E-state index is -1.61. The molecule has 7 atom stereocenters. The summed E-state index contributed by atoms with van der Waals surface area (Å²) in [6.45, 7) is 3.26. The maximum atomic E-state index is 13.0. The highest BCUT2D eigenvalue weighted by Gasteiger charge is 2.56. The summed E-state index contributed by atoms with van der Waals surface area (Å²) in [6.07, 6.45) is -5.29. The number of methoxy groups -OCH3 is 1. The van der Waals surface area contributed by atoms with Crippen LogP contribution in [0.4, 0.5) is 0 Å². The molecule has 1 aromatic rings. The van der Waals surface area contributed by atoms with Crippen molar-refractivity contribution in [2.75, 3.05) is 14.2 Å². The zero-order valence-electron chi connectivity index (χ0n) is 20.4. The minimum absolute atomic E-state index is 0.197. The molecule has 2 fully saturated rings. The number of nitrogens with zero attached hydrogens (tertiary/aromatic N) is 2. The van der Waals surface area contributed by atoms with Crippen LogP contribution in [0.25, 0.3) is 0 Å². The quantitative estimate of drug-likeness (QED) is 0.361. The second kappa shape index (κ2) is 11.4. The first-order valence-electron chi connectivity index (χ1n) is 11.1. The molecular formula is C23H28N2O11. The van der Waals surface area contributed by atoms with Crippen molar-refractivity contribution in [3.05, 3.63) is 30.1 Å². The van der Waals surface area contributed by atoms with Crippen LogP contribution in [0.2, 0.25) is 0 Å². The maximum absolute atomic E-state index is 13.0. The number of esters is 4. The molecule has 0 radical (unpaired) electrons. The number of likely N-dealkylation sites (N-methyl/N-ethyl adjacent to an activating group) is 1. The summed E-state index contributed by atoms with van der Waals surface area (Å²) in [6, 6.07) is 3.19. The molecule has 13 heteroatoms. The van der Waals surface area contributed by atoms with Gasteiger partial charge in [-0.15, -0.1) is 0 Å². The van der Waals surface area contributed by atoms with Crippen LogP contribution < -0.4 is 0 Å². The van der Waals surface area contributed by atoms with Crippen LogP contribution in [-0.2, 0) is 52.4 Å². The average Bonchev–Trinajstić information content (AvgIpc) is 3.10. The van der Waals surface area contributed by atoms with Crippen molar-refractivity contribution in [1.82, 2.24) is 9.88 Å². The van der Waals surface area contributed by atoms with Gasteiger partial charge in [0, 0.05) is 46.6 Å². The van der Waals surface area contributed by atoms with Crippen LogP contribution in [-0.4, -0.2) is 90.6 Å². The van der Waals surface area contributed by atoms with Crippen LogP contribution in [0.1, 0.15) is 38.8 Å². The second-order valence-electron chi connectivity index (χ2n) is 8.28. The van der Waals surface area contributed by atoms with Gasteiger partial charge in [-0.3, -0.25) is 24.2 Å². The van der Waals surface area contributed by atoms with Crippen LogP contribution in [0, 0.1) is 0 Å². The van der Waals surface area contributed by atoms with E-state index in [1.54, 1.807) is 25.5 Å². The van der Waals surface area contributed by atoms with Crippen molar-refractivity contribution >= 4 is 29.8 Å². The Labute approximate surface area is 206 Å². The molecule has 1 amide bonds. The third kappa shape index (κ3) is 5.97. The summed E-state index contributed by atoms with van der Waals surface area (Å²) in [5, 5.41) is 0. The van der Waals surface area contributed by atoms with Gasteiger partial charge in [0.25, 0.3) is 5.91 Å². The van der Waals surface area contributed by atoms with Gasteiger partial charge in [0.05, 0.1) is 13.2 Å². The van der Waals surface area contributed by atoms with Gasteiger partial charge in [0.1, 0.15) is 6.10 Å². The standard InChI is InChI=1S/C23H28N2O11/c1-11(26)32-17-18(33-12(2)27)20(34-13(3)28)23(36-19(17)22(30)31-5)35-16-9-15(25(4)21(16)29)14-7-6-8-24-10-14/h6-8,10,15-20,23H,9H2,1-5H3/t15-,16+,17?,18?,19?,20?,23?/m0/s1. The van der Waals surface area contributed by atoms with E-state index in [4.69, 9.17) is 28.4 Å². The molecule has 0 saturated carbocycles. The molecule has 2 saturated heterocycles. The third-order valence-corrected chi connectivity index (χ3v) is 5.73. The second-order valence-corrected chi connectivity index (χ2v) is 8.28. The van der Waals surface area contributed by atoms with Gasteiger partial charge >= 0.3 is 23.9 Å². The predicted octanol–water partition coefficient (Wildman–Crippen LogP) is 0.0630. The SMILES string of the molecule is COC(=O)C1OC(O[C@@H]2C[C@@H](c3cccnc3)N(C)C2=O)C(OC(C)=O)C(OC(C)=O)C1OC(C)=O. The monoisotopic (exact) mass is 508 g/mol. The van der Waals surface area contributed by atoms with Crippen molar-refractivity contribution < 1.29 is 52.4 Å². The topological polar surface area (TPSA) is 157 Å². The smallest absolute Gasteiger partial charge is 0.339 e. The lowest BCUT2D eigenvalue weighted by atomic mass is 9.97. The number of carbonyl (C=O) groups is 5. The fourth-order valence-electron chi connectivity index (χ4n) is 4.24. The van der Waals surface area contributed by atoms with Crippen molar-refractivity contribution in [2.45, 2.75) is 70.0 Å². The Morgan fingerprint density at radius 2 is 1.61 bits per heavy atom. The molecule has 0 spiro atoms. The summed E-state index contributed by atoms with van der Waals surface area (Å²) in [5.74, 6) is -3.78. The van der Waals surface area contributed by atoms with Gasteiger partial charge in [-0.05, 0) is 11.6 Å². The van der Waals surface area contributed by atoms with Crippen LogP contribution in [0.3, 0.4) is 0 Å². The van der Waals surface area contributed by atoms with E-state index in [9.17, 15) is 24.0 Å². The highest BCUT2D eigenvalue weighted by atomic mass is 16.7. The van der Waals surface area contributed by atoms with E-state index in [0.29, 0.717) is 0 Å². The lowest BCUT2D eigenvalue weighted by Crippen LogP contribution is -2.64. The molecule has 0 N–H and O–H groups in total. The van der Waals surface area contributed by atoms with Crippen molar-refractivity contribution in [3.8, 4) is 0 Å². The van der Waals surface area contributed by atoms with Crippen LogP contribution >= 0.6 is 0 Å². The Morgan fingerprint density at radius 1 is 1.00 bits per heavy atom. The highest BCUT2D eigenvalue weighted by Crippen LogP contribution is 2.36. The summed E-state index contributed by atoms with van der Waals surface area (Å²) in [5.41, 5.74) is 0.778. The first-order valence-corrected chi connectivity index (χ1v) is 11.1. The van der Waals surface area contributed by atoms with Gasteiger partial charge < -0.3 is 33.3 Å². The van der Waals surface area contributed by atoms with Crippen molar-refractivity contribution in [1.29, 1.82) is 0 Å². The van der Waals surface area contributed by atoms with E-state index in [2.05, 4.69) is 4.98 Å². The summed E-state index contributed by atoms with van der Waals surface area (Å²) >= 11 is 0. The molecule has 2 aliphatic heterocycles. The molecule has 0 aliphatic carbocycles. The number of ether oxygens (including phenoxy) is 6. The summed E-state index contributed by atoms with van der Waals surface area (Å²) in [4.78, 5) is 66.7. The third-order valence-electron chi connectivity index (χ3n) is 5.73. The van der Waals surface area contributed by atoms with Crippen molar-refractivity contribution in [3.63, 3.8) is 0 Å². The van der Waals surface area contributed by atoms with Gasteiger partial charge in [-0.25, -0.2) is 4.79 Å². The number of pyridine rings is 1. The Hall–Kier alpha value is -3.58. The molecule has 0 aromatic carbocycles. The van der Waals surface area contributed by atoms with E-state index in [0.717, 1.165) is 33.4 Å². The van der Waals surface area contributed by atoms with E-state index in [1.165, 1.54) is 4.90 Å². The number of rotatable bonds is 7. The molecule has 5 unspecified atom stereocenters. The number of hydrogen-bond acceptors (Lipinski definition) is 12. The van der Waals surface area contributed by atoms with E-state index >= 15 is 0 Å². The lowest BCUT2D eigenvalue weighted by Gasteiger charge is -2.43. The molecular weight excluding hydrogens is 480 g/mol. The fraction of sp³-hybridized carbons (Fsp3) is 0.565. The molecule has 1 aromatic heterocycles. The van der Waals surface area contributed by atoms with E-state index < -0.39 is 66.6 Å². The van der Waals surface area contributed by atoms with E-state index in [-0.39, 0.29) is 12.5 Å². The Bertz CT molecular complexity index is 1000. The fourth-order valence-corrected chi connectivity index (χ4v) is 4.24. The first kappa shape index (κ1) is 27.0. The van der Waals surface area contributed by atoms with Crippen LogP contribution in [0.5, 0.6) is 0 Å². The molecule has 0 bridgehead atoms. The Morgan fingerprint density at radius 3 is 2.17 bits per heavy atom. The zero-order chi connectivity index (χ0) is 26.6. The Kier molecular flexibility index (Phi) is 8.58.